The molecule has 6 aromatic heterocycles. The Kier molecular flexibility index (Phi) is 37.2. The van der Waals surface area contributed by atoms with Crippen molar-refractivity contribution < 1.29 is 66.5 Å². The van der Waals surface area contributed by atoms with E-state index in [9.17, 15) is 14.4 Å². The summed E-state index contributed by atoms with van der Waals surface area (Å²) in [5.74, 6) is 2.52. The number of benzene rings is 4. The Hall–Kier alpha value is -10.2. The molecule has 31 nitrogen and oxygen atoms in total. The van der Waals surface area contributed by atoms with Gasteiger partial charge in [-0.2, -0.15) is 0 Å². The molecule has 734 valence electrons. The summed E-state index contributed by atoms with van der Waals surface area (Å²) in [6.07, 6.45) is 25.9. The van der Waals surface area contributed by atoms with Crippen molar-refractivity contribution in [1.29, 1.82) is 0 Å². The fraction of sp³-hybridized carbons (Fsp3) is 0.471. The molecular formula is C102H130B2Br3N17O14. The molecule has 9 aliphatic heterocycles. The average molecular weight is 2080 g/mol. The van der Waals surface area contributed by atoms with Gasteiger partial charge in [-0.1, -0.05) is 107 Å². The molecule has 0 bridgehead atoms. The summed E-state index contributed by atoms with van der Waals surface area (Å²) in [7, 11) is -0.584. The number of likely N-dealkylation sites (tertiary alicyclic amines) is 1. The van der Waals surface area contributed by atoms with Gasteiger partial charge in [0.15, 0.2) is 0 Å². The number of hydrogen-bond donors (Lipinski definition) is 2. The Morgan fingerprint density at radius 2 is 0.812 bits per heavy atom. The molecule has 0 radical (unpaired) electrons. The number of aliphatic carboxylic acids is 1. The van der Waals surface area contributed by atoms with Crippen LogP contribution in [0.3, 0.4) is 0 Å². The van der Waals surface area contributed by atoms with Gasteiger partial charge in [0, 0.05) is 188 Å². The summed E-state index contributed by atoms with van der Waals surface area (Å²) in [4.78, 5) is 87.3. The zero-order chi connectivity index (χ0) is 98.2. The minimum Gasteiger partial charge on any atom is -0.480 e. The Labute approximate surface area is 837 Å². The fourth-order valence-electron chi connectivity index (χ4n) is 16.0. The number of carbonyl (C=O) groups is 3. The zero-order valence-electron chi connectivity index (χ0n) is 81.8. The van der Waals surface area contributed by atoms with Gasteiger partial charge in [0.25, 0.3) is 0 Å². The molecule has 0 aliphatic carbocycles. The van der Waals surface area contributed by atoms with E-state index in [-0.39, 0.29) is 48.3 Å². The van der Waals surface area contributed by atoms with Crippen molar-refractivity contribution in [1.82, 2.24) is 64.5 Å². The predicted molar refractivity (Wildman–Crippen MR) is 552 cm³/mol. The van der Waals surface area contributed by atoms with Crippen molar-refractivity contribution >= 4 is 132 Å². The van der Waals surface area contributed by atoms with Crippen molar-refractivity contribution in [3.05, 3.63) is 214 Å². The quantitative estimate of drug-likeness (QED) is 0.101. The van der Waals surface area contributed by atoms with E-state index in [1.54, 1.807) is 39.2 Å². The molecule has 15 heterocycles. The number of pyridine rings is 1. The number of aromatic nitrogens is 10. The third-order valence-corrected chi connectivity index (χ3v) is 27.7. The average Bonchev–Trinajstić information content (AvgIpc) is 1.44. The second-order valence-electron chi connectivity index (χ2n) is 38.4. The minimum absolute atomic E-state index is 0.0412. The van der Waals surface area contributed by atoms with Crippen LogP contribution in [0, 0.1) is 0 Å². The third-order valence-electron chi connectivity index (χ3n) is 25.1. The highest BCUT2D eigenvalue weighted by atomic mass is 79.9. The fourth-order valence-corrected chi connectivity index (χ4v) is 17.1. The van der Waals surface area contributed by atoms with Gasteiger partial charge in [0.1, 0.15) is 23.4 Å². The van der Waals surface area contributed by atoms with Crippen molar-refractivity contribution in [2.24, 2.45) is 0 Å². The monoisotopic (exact) mass is 2080 g/mol. The van der Waals surface area contributed by atoms with Crippen LogP contribution in [0.1, 0.15) is 134 Å². The first-order chi connectivity index (χ1) is 66.0. The van der Waals surface area contributed by atoms with Crippen molar-refractivity contribution in [2.45, 2.75) is 169 Å². The number of carboxylic acids is 1. The highest BCUT2D eigenvalue weighted by molar-refractivity contribution is 9.13. The molecule has 10 aromatic rings. The maximum Gasteiger partial charge on any atom is 0.498 e. The van der Waals surface area contributed by atoms with Gasteiger partial charge >= 0.3 is 32.4 Å². The van der Waals surface area contributed by atoms with Crippen LogP contribution in [-0.2, 0) is 58.4 Å². The summed E-state index contributed by atoms with van der Waals surface area (Å²) >= 11 is 10.2. The van der Waals surface area contributed by atoms with Crippen LogP contribution in [0.25, 0.3) is 55.6 Å². The van der Waals surface area contributed by atoms with E-state index in [4.69, 9.17) is 52.1 Å². The van der Waals surface area contributed by atoms with E-state index in [1.807, 2.05) is 179 Å². The molecule has 0 unspecified atom stereocenters. The Balaban J connectivity index is 0.000000139. The summed E-state index contributed by atoms with van der Waals surface area (Å²) in [6, 6.07) is 38.4. The van der Waals surface area contributed by atoms with E-state index in [2.05, 4.69) is 200 Å². The van der Waals surface area contributed by atoms with Gasteiger partial charge in [-0.25, -0.2) is 54.4 Å². The summed E-state index contributed by atoms with van der Waals surface area (Å²) < 4.78 is 61.5. The van der Waals surface area contributed by atoms with Gasteiger partial charge in [0.05, 0.1) is 75.3 Å². The highest BCUT2D eigenvalue weighted by Crippen LogP contribution is 2.44. The smallest absolute Gasteiger partial charge is 0.480 e. The first-order valence-electron chi connectivity index (χ1n) is 47.4. The Morgan fingerprint density at radius 3 is 1.20 bits per heavy atom. The van der Waals surface area contributed by atoms with E-state index in [0.29, 0.717) is 50.9 Å². The number of nitrogens with one attached hydrogen (secondary N) is 1. The maximum atomic E-state index is 12.4. The van der Waals surface area contributed by atoms with E-state index in [0.717, 1.165) is 212 Å². The number of hydrogen-bond acceptors (Lipinski definition) is 27. The molecule has 7 saturated heterocycles. The summed E-state index contributed by atoms with van der Waals surface area (Å²) in [5.41, 5.74) is 10.9. The predicted octanol–water partition coefficient (Wildman–Crippen LogP) is 17.5. The van der Waals surface area contributed by atoms with Crippen LogP contribution in [0.2, 0.25) is 5.82 Å². The number of piperidine rings is 1. The van der Waals surface area contributed by atoms with Crippen LogP contribution in [-0.4, -0.2) is 275 Å². The molecule has 36 heteroatoms. The van der Waals surface area contributed by atoms with Crippen LogP contribution >= 0.6 is 47.8 Å². The maximum absolute atomic E-state index is 12.4. The van der Waals surface area contributed by atoms with Crippen LogP contribution in [0.5, 0.6) is 0 Å². The van der Waals surface area contributed by atoms with E-state index < -0.39 is 24.3 Å². The molecule has 138 heavy (non-hydrogen) atoms. The van der Waals surface area contributed by atoms with Crippen LogP contribution < -0.4 is 30.4 Å². The molecule has 7 fully saturated rings. The summed E-state index contributed by atoms with van der Waals surface area (Å²) in [5, 5.41) is 12.9. The number of rotatable bonds is 13. The lowest BCUT2D eigenvalue weighted by atomic mass is 9.67. The summed E-state index contributed by atoms with van der Waals surface area (Å²) in [6.45, 7) is 44.9. The topological polar surface area (TPSA) is 316 Å². The van der Waals surface area contributed by atoms with Gasteiger partial charge in [-0.3, -0.25) is 4.79 Å². The first kappa shape index (κ1) is 105. The number of amides is 2. The van der Waals surface area contributed by atoms with Crippen LogP contribution in [0.15, 0.2) is 203 Å². The minimum atomic E-state index is -0.858. The molecule has 4 aromatic carbocycles. The molecule has 0 spiro atoms. The molecule has 19 rings (SSSR count). The molecular weight excluding hydrogens is 1950 g/mol. The van der Waals surface area contributed by atoms with E-state index in [1.165, 1.54) is 22.3 Å². The Morgan fingerprint density at radius 1 is 0.435 bits per heavy atom. The van der Waals surface area contributed by atoms with Crippen molar-refractivity contribution in [3.63, 3.8) is 0 Å². The largest absolute Gasteiger partial charge is 0.498 e. The van der Waals surface area contributed by atoms with Crippen LogP contribution in [0.4, 0.5) is 33.4 Å². The number of halogens is 3. The first-order valence-corrected chi connectivity index (χ1v) is 49.7. The molecule has 2 amide bonds. The normalized spacial score (nSPS) is 18.5. The SMILES string of the molecule is Brc1ccccc1-c1cnc(N2CCOCC2)nc1.Brc1ccccc1Br.C1=C(c2ccccc2-c2cnc(N3CCOCC3)nc2)CCNC1.CC(C)(C)OC(=O)N1CC=C(c2ccccc2-c2cnc(N3CCOCC3)nc2)CC1.CC(C)(C)OC(=O)N1CCC(B2OC(C)(C)C(C)(C)O2)CC1.CC1(C)OB(c2cnc(N3CCOCC3)nc2)OC1(C)C.O=C(O)Cn1ccc2cccnc21. The number of morpholine rings is 4. The zero-order valence-corrected chi connectivity index (χ0v) is 86.5. The van der Waals surface area contributed by atoms with Crippen molar-refractivity contribution in [3.8, 4) is 33.4 Å². The number of nitrogens with zero attached hydrogens (tertiary/aromatic N) is 16. The number of anilines is 4. The molecule has 0 saturated carbocycles. The Bertz CT molecular complexity index is 5620. The lowest BCUT2D eigenvalue weighted by Crippen LogP contribution is -2.43. The molecule has 9 aliphatic rings. The second-order valence-corrected chi connectivity index (χ2v) is 40.9. The number of fused-ring (bicyclic) bond motifs is 1. The highest BCUT2D eigenvalue weighted by Gasteiger charge is 2.55. The number of ether oxygens (including phenoxy) is 6. The number of carbonyl (C=O) groups excluding carboxylic acids is 2. The second kappa shape index (κ2) is 48.8. The lowest BCUT2D eigenvalue weighted by Gasteiger charge is -2.34. The molecule has 2 N–H and O–H groups in total. The standard InChI is InChI=1S/C24H30N4O3.C19H22N4O.C16H30BNO4.C14H22BN3O3.C14H14BrN3O.C9H8N2O2.C6H4Br2/c1-24(2,3)31-23(29)28-10-8-18(9-11-28)20-6-4-5-7-21(20)19-16-25-22(26-17-19)27-12-14-30-15-13-27;1-2-4-18(17(3-1)15-5-7-20-8-6-15)16-13-21-19(22-14-16)23-9-11-24-12-10-23;1-14(2,3)20-13(19)18-10-8-12(9-11-18)17-21-15(4,5)16(6,7)22-17;1-13(2)14(3,4)21-15(20-13)11-9-16-12(17-10-11)18-5-7-19-8-6-18;15-13-4-2-1-3-12(13)11-9-16-14(17-10-11)18-5-7-19-8-6-18;12-8(13)6-11-5-3-7-2-1-4-10-9(7)11;7-5-3-1-2-4-6(5)8/h4-8,16-17H,9-15H2,1-3H3;1-5,13-14,20H,6-12H2;12H,8-11H2,1-7H3;9-10H,5-8H2,1-4H3;1-4,9-10H,5-8H2;1-5H,6H2,(H,12,13);1-4H. The van der Waals surface area contributed by atoms with Gasteiger partial charge in [-0.05, 0) is 242 Å². The van der Waals surface area contributed by atoms with Crippen molar-refractivity contribution in [2.75, 3.05) is 164 Å². The van der Waals surface area contributed by atoms with Gasteiger partial charge < -0.3 is 91.4 Å². The lowest BCUT2D eigenvalue weighted by molar-refractivity contribution is -0.137. The number of carboxylic acid groups (broad SMARTS) is 1. The molecule has 0 atom stereocenters. The third kappa shape index (κ3) is 29.5. The van der Waals surface area contributed by atoms with E-state index >= 15 is 0 Å². The van der Waals surface area contributed by atoms with Gasteiger partial charge in [-0.15, -0.1) is 0 Å². The van der Waals surface area contributed by atoms with Gasteiger partial charge in [0.2, 0.25) is 23.8 Å².